The molecule has 0 unspecified atom stereocenters. The topological polar surface area (TPSA) is 65.6 Å². The molecule has 0 aliphatic rings. The molecule has 0 fully saturated rings. The third-order valence-electron chi connectivity index (χ3n) is 1.67. The van der Waals surface area contributed by atoms with Gasteiger partial charge in [-0.15, -0.1) is 0 Å². The number of para-hydroxylation sites is 1. The summed E-state index contributed by atoms with van der Waals surface area (Å²) >= 11 is 0. The maximum atomic E-state index is 9.45. The average Bonchev–Trinajstić information content (AvgIpc) is 2.26. The fraction of sp³-hybridized carbons (Fsp3) is 0.0909. The molecule has 0 aliphatic carbocycles. The third kappa shape index (κ3) is 3.16. The first-order chi connectivity index (χ1) is 7.27. The van der Waals surface area contributed by atoms with Crippen molar-refractivity contribution in [3.63, 3.8) is 0 Å². The van der Waals surface area contributed by atoms with Crippen molar-refractivity contribution in [1.82, 2.24) is 0 Å². The molecule has 4 heteroatoms. The first-order valence-electron chi connectivity index (χ1n) is 4.24. The van der Waals surface area contributed by atoms with E-state index in [4.69, 9.17) is 5.26 Å². The van der Waals surface area contributed by atoms with Crippen molar-refractivity contribution in [2.75, 3.05) is 7.11 Å². The summed E-state index contributed by atoms with van der Waals surface area (Å²) in [6.45, 7) is 0. The second kappa shape index (κ2) is 5.45. The van der Waals surface area contributed by atoms with Gasteiger partial charge in [0.15, 0.2) is 0 Å². The highest BCUT2D eigenvalue weighted by molar-refractivity contribution is 5.90. The van der Waals surface area contributed by atoms with Crippen molar-refractivity contribution in [2.45, 2.75) is 0 Å². The Balaban J connectivity index is 3.00. The van der Waals surface area contributed by atoms with E-state index in [0.29, 0.717) is 11.1 Å². The quantitative estimate of drug-likeness (QED) is 0.462. The Morgan fingerprint density at radius 3 is 2.87 bits per heavy atom. The molecule has 1 aromatic rings. The van der Waals surface area contributed by atoms with E-state index in [1.165, 1.54) is 19.4 Å². The molecule has 0 aromatic heterocycles. The summed E-state index contributed by atoms with van der Waals surface area (Å²) in [5.74, 6) is 0.121. The molecule has 1 N–H and O–H groups in total. The standard InChI is InChI=1S/C11H10N2O2/c1-15-13-8-9(7-12)6-10-4-2-3-5-11(10)14/h2-6,8,14H,1H3/b9-6+,13-8+. The molecule has 0 amide bonds. The number of phenolic OH excluding ortho intramolecular Hbond substituents is 1. The number of hydrogen-bond donors (Lipinski definition) is 1. The van der Waals surface area contributed by atoms with E-state index in [1.54, 1.807) is 24.3 Å². The number of aromatic hydroxyl groups is 1. The molecular weight excluding hydrogens is 192 g/mol. The van der Waals surface area contributed by atoms with Crippen LogP contribution in [0, 0.1) is 11.3 Å². The van der Waals surface area contributed by atoms with Crippen LogP contribution in [-0.4, -0.2) is 18.4 Å². The lowest BCUT2D eigenvalue weighted by molar-refractivity contribution is 0.215. The van der Waals surface area contributed by atoms with Crippen LogP contribution in [0.1, 0.15) is 5.56 Å². The van der Waals surface area contributed by atoms with Crippen molar-refractivity contribution >= 4 is 12.3 Å². The number of rotatable bonds is 3. The molecule has 0 atom stereocenters. The fourth-order valence-corrected chi connectivity index (χ4v) is 0.985. The van der Waals surface area contributed by atoms with E-state index < -0.39 is 0 Å². The summed E-state index contributed by atoms with van der Waals surface area (Å²) in [6.07, 6.45) is 2.81. The SMILES string of the molecule is CO/N=C/C(C#N)=C/c1ccccc1O. The maximum Gasteiger partial charge on any atom is 0.122 e. The Morgan fingerprint density at radius 2 is 2.27 bits per heavy atom. The van der Waals surface area contributed by atoms with Crippen LogP contribution in [0.25, 0.3) is 6.08 Å². The lowest BCUT2D eigenvalue weighted by Crippen LogP contribution is -1.83. The number of benzene rings is 1. The first kappa shape index (κ1) is 10.8. The number of nitrogens with zero attached hydrogens (tertiary/aromatic N) is 2. The number of phenols is 1. The first-order valence-corrected chi connectivity index (χ1v) is 4.24. The lowest BCUT2D eigenvalue weighted by Gasteiger charge is -1.97. The van der Waals surface area contributed by atoms with Crippen molar-refractivity contribution < 1.29 is 9.94 Å². The molecule has 0 saturated heterocycles. The van der Waals surface area contributed by atoms with Crippen LogP contribution in [0.2, 0.25) is 0 Å². The summed E-state index contributed by atoms with van der Waals surface area (Å²) < 4.78 is 0. The van der Waals surface area contributed by atoms with Gasteiger partial charge in [0, 0.05) is 5.56 Å². The number of allylic oxidation sites excluding steroid dienone is 1. The van der Waals surface area contributed by atoms with E-state index in [0.717, 1.165) is 0 Å². The van der Waals surface area contributed by atoms with Gasteiger partial charge in [-0.25, -0.2) is 0 Å². The molecule has 15 heavy (non-hydrogen) atoms. The van der Waals surface area contributed by atoms with Gasteiger partial charge in [0.1, 0.15) is 18.9 Å². The molecule has 0 radical (unpaired) electrons. The predicted molar refractivity (Wildman–Crippen MR) is 57.2 cm³/mol. The number of hydrogen-bond acceptors (Lipinski definition) is 4. The molecule has 0 bridgehead atoms. The van der Waals surface area contributed by atoms with Gasteiger partial charge in [0.25, 0.3) is 0 Å². The van der Waals surface area contributed by atoms with Gasteiger partial charge in [-0.2, -0.15) is 5.26 Å². The zero-order chi connectivity index (χ0) is 11.1. The summed E-state index contributed by atoms with van der Waals surface area (Å²) in [5, 5.41) is 21.7. The van der Waals surface area contributed by atoms with Gasteiger partial charge < -0.3 is 9.94 Å². The Kier molecular flexibility index (Phi) is 3.92. The van der Waals surface area contributed by atoms with Crippen molar-refractivity contribution in [3.05, 3.63) is 35.4 Å². The van der Waals surface area contributed by atoms with Gasteiger partial charge in [0.05, 0.1) is 11.8 Å². The molecule has 0 spiro atoms. The highest BCUT2D eigenvalue weighted by Gasteiger charge is 1.97. The zero-order valence-electron chi connectivity index (χ0n) is 8.21. The summed E-state index contributed by atoms with van der Waals surface area (Å²) in [5.41, 5.74) is 0.870. The van der Waals surface area contributed by atoms with Crippen LogP contribution in [0.4, 0.5) is 0 Å². The molecule has 1 rings (SSSR count). The third-order valence-corrected chi connectivity index (χ3v) is 1.67. The smallest absolute Gasteiger partial charge is 0.122 e. The van der Waals surface area contributed by atoms with Crippen LogP contribution < -0.4 is 0 Å². The summed E-state index contributed by atoms with van der Waals surface area (Å²) in [6, 6.07) is 8.67. The minimum absolute atomic E-state index is 0.121. The van der Waals surface area contributed by atoms with E-state index in [-0.39, 0.29) is 5.75 Å². The largest absolute Gasteiger partial charge is 0.507 e. The molecular formula is C11H10N2O2. The van der Waals surface area contributed by atoms with Gasteiger partial charge in [-0.1, -0.05) is 23.4 Å². The Morgan fingerprint density at radius 1 is 1.53 bits per heavy atom. The van der Waals surface area contributed by atoms with Crippen LogP contribution in [0.3, 0.4) is 0 Å². The van der Waals surface area contributed by atoms with Crippen molar-refractivity contribution in [3.8, 4) is 11.8 Å². The van der Waals surface area contributed by atoms with Crippen molar-refractivity contribution in [2.24, 2.45) is 5.16 Å². The van der Waals surface area contributed by atoms with Crippen LogP contribution in [-0.2, 0) is 4.84 Å². The maximum absolute atomic E-state index is 9.45. The van der Waals surface area contributed by atoms with Gasteiger partial charge in [0.2, 0.25) is 0 Å². The summed E-state index contributed by atoms with van der Waals surface area (Å²) in [7, 11) is 1.39. The molecule has 0 saturated carbocycles. The molecule has 0 aliphatic heterocycles. The van der Waals surface area contributed by atoms with Gasteiger partial charge in [-0.05, 0) is 12.1 Å². The minimum atomic E-state index is 0.121. The second-order valence-electron chi connectivity index (χ2n) is 2.69. The Bertz CT molecular complexity index is 430. The molecule has 0 heterocycles. The second-order valence-corrected chi connectivity index (χ2v) is 2.69. The van der Waals surface area contributed by atoms with Crippen LogP contribution in [0.15, 0.2) is 35.0 Å². The normalized spacial score (nSPS) is 11.3. The van der Waals surface area contributed by atoms with Gasteiger partial charge >= 0.3 is 0 Å². The van der Waals surface area contributed by atoms with Crippen molar-refractivity contribution in [1.29, 1.82) is 5.26 Å². The van der Waals surface area contributed by atoms with E-state index in [1.807, 2.05) is 6.07 Å². The highest BCUT2D eigenvalue weighted by atomic mass is 16.6. The van der Waals surface area contributed by atoms with Crippen LogP contribution in [0.5, 0.6) is 5.75 Å². The molecule has 4 nitrogen and oxygen atoms in total. The van der Waals surface area contributed by atoms with Gasteiger partial charge in [-0.3, -0.25) is 0 Å². The monoisotopic (exact) mass is 202 g/mol. The lowest BCUT2D eigenvalue weighted by atomic mass is 10.1. The average molecular weight is 202 g/mol. The Hall–Kier alpha value is -2.28. The number of nitriles is 1. The Labute approximate surface area is 87.7 Å². The molecule has 1 aromatic carbocycles. The summed E-state index contributed by atoms with van der Waals surface area (Å²) in [4.78, 5) is 4.46. The van der Waals surface area contributed by atoms with E-state index in [9.17, 15) is 5.11 Å². The van der Waals surface area contributed by atoms with E-state index >= 15 is 0 Å². The molecule has 76 valence electrons. The highest BCUT2D eigenvalue weighted by Crippen LogP contribution is 2.18. The fourth-order valence-electron chi connectivity index (χ4n) is 0.985. The minimum Gasteiger partial charge on any atom is -0.507 e. The van der Waals surface area contributed by atoms with E-state index in [2.05, 4.69) is 9.99 Å². The number of oxime groups is 1. The predicted octanol–water partition coefficient (Wildman–Crippen LogP) is 1.93. The zero-order valence-corrected chi connectivity index (χ0v) is 8.21. The van der Waals surface area contributed by atoms with Crippen LogP contribution >= 0.6 is 0 Å².